The first-order valence-corrected chi connectivity index (χ1v) is 6.01. The van der Waals surface area contributed by atoms with E-state index < -0.39 is 0 Å². The van der Waals surface area contributed by atoms with Crippen LogP contribution in [0.2, 0.25) is 0 Å². The van der Waals surface area contributed by atoms with Crippen molar-refractivity contribution in [1.29, 1.82) is 0 Å². The van der Waals surface area contributed by atoms with Crippen LogP contribution in [0.25, 0.3) is 27.6 Å². The Bertz CT molecular complexity index is 841. The first kappa shape index (κ1) is 9.60. The Morgan fingerprint density at radius 3 is 2.56 bits per heavy atom. The predicted octanol–water partition coefficient (Wildman–Crippen LogP) is 4.20. The molecule has 0 saturated carbocycles. The number of allylic oxidation sites excluding steroid dienone is 1. The summed E-state index contributed by atoms with van der Waals surface area (Å²) in [6, 6.07) is 16.4. The average molecular weight is 230 g/mol. The molecule has 0 unspecified atom stereocenters. The molecule has 1 aliphatic carbocycles. The Kier molecular flexibility index (Phi) is 1.76. The van der Waals surface area contributed by atoms with Crippen LogP contribution in [0.4, 0.5) is 0 Å². The lowest BCUT2D eigenvalue weighted by atomic mass is 9.89. The van der Waals surface area contributed by atoms with E-state index in [-0.39, 0.29) is 5.78 Å². The van der Waals surface area contributed by atoms with Crippen LogP contribution in [0.15, 0.2) is 54.6 Å². The van der Waals surface area contributed by atoms with Gasteiger partial charge in [-0.1, -0.05) is 48.5 Å². The van der Waals surface area contributed by atoms with Crippen molar-refractivity contribution in [2.75, 3.05) is 0 Å². The van der Waals surface area contributed by atoms with E-state index in [9.17, 15) is 4.79 Å². The molecule has 0 saturated heterocycles. The highest BCUT2D eigenvalue weighted by molar-refractivity contribution is 6.24. The van der Waals surface area contributed by atoms with Gasteiger partial charge in [-0.3, -0.25) is 4.79 Å². The Morgan fingerprint density at radius 2 is 1.61 bits per heavy atom. The molecule has 3 aromatic carbocycles. The summed E-state index contributed by atoms with van der Waals surface area (Å²) in [4.78, 5) is 11.9. The van der Waals surface area contributed by atoms with Gasteiger partial charge in [0, 0.05) is 10.9 Å². The highest BCUT2D eigenvalue weighted by atomic mass is 16.1. The molecule has 0 N–H and O–H groups in total. The van der Waals surface area contributed by atoms with Crippen molar-refractivity contribution >= 4 is 33.4 Å². The average Bonchev–Trinajstić information content (AvgIpc) is 2.43. The van der Waals surface area contributed by atoms with Gasteiger partial charge in [-0.2, -0.15) is 0 Å². The predicted molar refractivity (Wildman–Crippen MR) is 74.8 cm³/mol. The number of hydrogen-bond acceptors (Lipinski definition) is 1. The topological polar surface area (TPSA) is 17.1 Å². The third-order valence-electron chi connectivity index (χ3n) is 3.59. The van der Waals surface area contributed by atoms with Crippen molar-refractivity contribution in [3.05, 3.63) is 65.7 Å². The largest absolute Gasteiger partial charge is 0.289 e. The number of carbonyl (C=O) groups excluding carboxylic acids is 1. The second-order valence-corrected chi connectivity index (χ2v) is 4.61. The van der Waals surface area contributed by atoms with E-state index in [0.717, 1.165) is 16.5 Å². The lowest BCUT2D eigenvalue weighted by Crippen LogP contribution is -2.01. The summed E-state index contributed by atoms with van der Waals surface area (Å²) in [6.07, 6.45) is 3.58. The summed E-state index contributed by atoms with van der Waals surface area (Å²) >= 11 is 0. The fourth-order valence-corrected chi connectivity index (χ4v) is 2.79. The maximum Gasteiger partial charge on any atom is 0.186 e. The molecule has 1 nitrogen and oxygen atoms in total. The van der Waals surface area contributed by atoms with Gasteiger partial charge in [0.2, 0.25) is 0 Å². The lowest BCUT2D eigenvalue weighted by molar-refractivity contribution is 0.104. The van der Waals surface area contributed by atoms with Crippen molar-refractivity contribution in [3.8, 4) is 0 Å². The van der Waals surface area contributed by atoms with Gasteiger partial charge in [-0.25, -0.2) is 0 Å². The van der Waals surface area contributed by atoms with Gasteiger partial charge in [0.15, 0.2) is 5.78 Å². The first-order valence-electron chi connectivity index (χ1n) is 6.01. The van der Waals surface area contributed by atoms with Crippen LogP contribution in [0.5, 0.6) is 0 Å². The maximum absolute atomic E-state index is 11.9. The number of rotatable bonds is 0. The van der Waals surface area contributed by atoms with Crippen molar-refractivity contribution < 1.29 is 4.79 Å². The fraction of sp³-hybridized carbons (Fsp3) is 0. The van der Waals surface area contributed by atoms with Gasteiger partial charge in [-0.15, -0.1) is 0 Å². The molecule has 0 aliphatic heterocycles. The third kappa shape index (κ3) is 1.13. The molecule has 3 aromatic rings. The van der Waals surface area contributed by atoms with E-state index in [2.05, 4.69) is 24.3 Å². The van der Waals surface area contributed by atoms with Gasteiger partial charge in [0.1, 0.15) is 0 Å². The smallest absolute Gasteiger partial charge is 0.186 e. The number of ketones is 1. The molecule has 1 heteroatoms. The third-order valence-corrected chi connectivity index (χ3v) is 3.59. The summed E-state index contributed by atoms with van der Waals surface area (Å²) in [5.74, 6) is 0.100. The molecule has 0 spiro atoms. The standard InChI is InChI=1S/C17H10O/c18-16-9-8-12-10-11-4-1-2-5-13(11)14-6-3-7-15(16)17(12)14/h1-10H. The van der Waals surface area contributed by atoms with E-state index in [1.54, 1.807) is 6.08 Å². The molecule has 0 radical (unpaired) electrons. The summed E-state index contributed by atoms with van der Waals surface area (Å²) in [6.45, 7) is 0. The second kappa shape index (κ2) is 3.30. The Labute approximate surface area is 104 Å². The molecule has 0 heterocycles. The van der Waals surface area contributed by atoms with Crippen LogP contribution >= 0.6 is 0 Å². The molecular weight excluding hydrogens is 220 g/mol. The zero-order valence-electron chi connectivity index (χ0n) is 9.68. The van der Waals surface area contributed by atoms with Crippen LogP contribution < -0.4 is 0 Å². The van der Waals surface area contributed by atoms with Crippen LogP contribution in [0.3, 0.4) is 0 Å². The van der Waals surface area contributed by atoms with Crippen molar-refractivity contribution in [2.45, 2.75) is 0 Å². The highest BCUT2D eigenvalue weighted by Gasteiger charge is 2.15. The molecule has 4 rings (SSSR count). The molecule has 0 fully saturated rings. The van der Waals surface area contributed by atoms with E-state index in [1.807, 2.05) is 30.3 Å². The Hall–Kier alpha value is -2.41. The van der Waals surface area contributed by atoms with Gasteiger partial charge in [-0.05, 0) is 33.9 Å². The van der Waals surface area contributed by atoms with Gasteiger partial charge in [0.25, 0.3) is 0 Å². The zero-order valence-corrected chi connectivity index (χ0v) is 9.68. The number of hydrogen-bond donors (Lipinski definition) is 0. The molecule has 0 aromatic heterocycles. The quantitative estimate of drug-likeness (QED) is 0.529. The monoisotopic (exact) mass is 230 g/mol. The first-order chi connectivity index (χ1) is 8.84. The fourth-order valence-electron chi connectivity index (χ4n) is 2.79. The summed E-state index contributed by atoms with van der Waals surface area (Å²) in [5.41, 5.74) is 1.95. The van der Waals surface area contributed by atoms with Gasteiger partial charge < -0.3 is 0 Å². The molecule has 0 amide bonds. The minimum Gasteiger partial charge on any atom is -0.289 e. The highest BCUT2D eigenvalue weighted by Crippen LogP contribution is 2.34. The molecule has 84 valence electrons. The lowest BCUT2D eigenvalue weighted by Gasteiger charge is -2.14. The van der Waals surface area contributed by atoms with Crippen LogP contribution in [0.1, 0.15) is 15.9 Å². The van der Waals surface area contributed by atoms with E-state index in [0.29, 0.717) is 0 Å². The van der Waals surface area contributed by atoms with Gasteiger partial charge >= 0.3 is 0 Å². The summed E-state index contributed by atoms with van der Waals surface area (Å²) in [7, 11) is 0. The van der Waals surface area contributed by atoms with Crippen LogP contribution in [0, 0.1) is 0 Å². The molecular formula is C17H10O. The van der Waals surface area contributed by atoms with E-state index >= 15 is 0 Å². The number of benzene rings is 3. The molecule has 18 heavy (non-hydrogen) atoms. The van der Waals surface area contributed by atoms with Crippen molar-refractivity contribution in [3.63, 3.8) is 0 Å². The van der Waals surface area contributed by atoms with Crippen LogP contribution in [-0.2, 0) is 0 Å². The Balaban J connectivity index is 2.35. The van der Waals surface area contributed by atoms with E-state index in [1.165, 1.54) is 16.2 Å². The second-order valence-electron chi connectivity index (χ2n) is 4.61. The molecule has 0 bridgehead atoms. The maximum atomic E-state index is 11.9. The SMILES string of the molecule is O=C1C=Cc2cc3ccccc3c3cccc1c23. The number of fused-ring (bicyclic) bond motifs is 2. The van der Waals surface area contributed by atoms with Gasteiger partial charge in [0.05, 0.1) is 0 Å². The molecule has 0 atom stereocenters. The summed E-state index contributed by atoms with van der Waals surface area (Å²) in [5, 5.41) is 4.68. The minimum atomic E-state index is 0.100. The zero-order chi connectivity index (χ0) is 12.1. The minimum absolute atomic E-state index is 0.100. The van der Waals surface area contributed by atoms with E-state index in [4.69, 9.17) is 0 Å². The Morgan fingerprint density at radius 1 is 0.778 bits per heavy atom. The van der Waals surface area contributed by atoms with Crippen molar-refractivity contribution in [2.24, 2.45) is 0 Å². The summed E-state index contributed by atoms with van der Waals surface area (Å²) < 4.78 is 0. The molecule has 1 aliphatic rings. The normalized spacial score (nSPS) is 13.4. The van der Waals surface area contributed by atoms with Crippen molar-refractivity contribution in [1.82, 2.24) is 0 Å². The number of carbonyl (C=O) groups is 1. The van der Waals surface area contributed by atoms with Crippen LogP contribution in [-0.4, -0.2) is 5.78 Å².